The maximum absolute atomic E-state index is 12.9. The van der Waals surface area contributed by atoms with Gasteiger partial charge in [0.05, 0.1) is 35.6 Å². The van der Waals surface area contributed by atoms with Crippen LogP contribution in [0.3, 0.4) is 0 Å². The summed E-state index contributed by atoms with van der Waals surface area (Å²) in [5.41, 5.74) is -0.671. The number of benzene rings is 2. The van der Waals surface area contributed by atoms with Gasteiger partial charge in [-0.05, 0) is 79.4 Å². The van der Waals surface area contributed by atoms with Gasteiger partial charge in [-0.15, -0.1) is 6.58 Å². The van der Waals surface area contributed by atoms with Gasteiger partial charge in [-0.25, -0.2) is 0 Å². The first kappa shape index (κ1) is 37.8. The van der Waals surface area contributed by atoms with Crippen molar-refractivity contribution in [1.82, 2.24) is 9.80 Å². The van der Waals surface area contributed by atoms with E-state index >= 15 is 0 Å². The molecule has 3 saturated heterocycles. The largest absolute Gasteiger partial charge is 0.459 e. The SMILES string of the molecule is C=CC[C@]1(C(=O)OC(C)(C)C)CC(=O)N([C@H](C)c2ccccc2)C1.C[C@H](c1ccccc1)N1C[C@@](CC2CO2)(C(=O)OC(C)(C)C)CC1=O. The van der Waals surface area contributed by atoms with Crippen LogP contribution in [0.2, 0.25) is 0 Å². The second kappa shape index (κ2) is 14.9. The van der Waals surface area contributed by atoms with Gasteiger partial charge in [-0.2, -0.15) is 0 Å². The zero-order valence-corrected chi connectivity index (χ0v) is 30.5. The summed E-state index contributed by atoms with van der Waals surface area (Å²) < 4.78 is 16.6. The number of likely N-dealkylation sites (tertiary alicyclic amines) is 2. The normalized spacial score (nSPS) is 24.9. The van der Waals surface area contributed by atoms with Gasteiger partial charge < -0.3 is 24.0 Å². The second-order valence-corrected chi connectivity index (χ2v) is 15.8. The Morgan fingerprint density at radius 2 is 1.18 bits per heavy atom. The van der Waals surface area contributed by atoms with Crippen molar-refractivity contribution < 1.29 is 33.4 Å². The lowest BCUT2D eigenvalue weighted by molar-refractivity contribution is -0.168. The first-order chi connectivity index (χ1) is 22.9. The van der Waals surface area contributed by atoms with Gasteiger partial charge in [0.1, 0.15) is 11.2 Å². The Kier molecular flexibility index (Phi) is 11.5. The highest BCUT2D eigenvalue weighted by atomic mass is 16.6. The molecule has 0 N–H and O–H groups in total. The molecule has 0 radical (unpaired) electrons. The summed E-state index contributed by atoms with van der Waals surface area (Å²) in [6.07, 6.45) is 3.11. The number of epoxide rings is 1. The Bertz CT molecular complexity index is 1490. The molecular weight excluding hydrogens is 620 g/mol. The van der Waals surface area contributed by atoms with Crippen LogP contribution in [0, 0.1) is 10.8 Å². The minimum Gasteiger partial charge on any atom is -0.459 e. The minimum atomic E-state index is -0.838. The van der Waals surface area contributed by atoms with Crippen LogP contribution in [0.15, 0.2) is 73.3 Å². The smallest absolute Gasteiger partial charge is 0.315 e. The van der Waals surface area contributed by atoms with Crippen molar-refractivity contribution >= 4 is 23.8 Å². The van der Waals surface area contributed by atoms with E-state index in [0.29, 0.717) is 32.5 Å². The molecule has 5 rings (SSSR count). The van der Waals surface area contributed by atoms with Crippen LogP contribution in [0.4, 0.5) is 0 Å². The number of esters is 2. The van der Waals surface area contributed by atoms with Crippen LogP contribution in [0.5, 0.6) is 0 Å². The number of ether oxygens (including phenoxy) is 3. The van der Waals surface area contributed by atoms with Crippen molar-refractivity contribution in [2.75, 3.05) is 19.7 Å². The van der Waals surface area contributed by atoms with Crippen molar-refractivity contribution in [2.24, 2.45) is 10.8 Å². The van der Waals surface area contributed by atoms with Gasteiger partial charge in [0.25, 0.3) is 0 Å². The predicted molar refractivity (Wildman–Crippen MR) is 188 cm³/mol. The zero-order chi connectivity index (χ0) is 36.2. The lowest BCUT2D eigenvalue weighted by atomic mass is 9.82. The van der Waals surface area contributed by atoms with E-state index in [1.807, 2.05) is 121 Å². The Morgan fingerprint density at radius 1 is 0.796 bits per heavy atom. The maximum Gasteiger partial charge on any atom is 0.315 e. The number of rotatable bonds is 10. The van der Waals surface area contributed by atoms with E-state index < -0.39 is 22.0 Å². The molecule has 5 atom stereocenters. The lowest BCUT2D eigenvalue weighted by Crippen LogP contribution is -2.41. The molecule has 0 aromatic heterocycles. The predicted octanol–water partition coefficient (Wildman–Crippen LogP) is 6.98. The number of nitrogens with zero attached hydrogens (tertiary/aromatic N) is 2. The molecule has 3 aliphatic rings. The van der Waals surface area contributed by atoms with E-state index in [1.54, 1.807) is 11.0 Å². The zero-order valence-electron chi connectivity index (χ0n) is 30.5. The maximum atomic E-state index is 12.9. The van der Waals surface area contributed by atoms with E-state index in [4.69, 9.17) is 14.2 Å². The van der Waals surface area contributed by atoms with Crippen molar-refractivity contribution in [3.8, 4) is 0 Å². The Labute approximate surface area is 292 Å². The molecular formula is C40H54N2O7. The summed E-state index contributed by atoms with van der Waals surface area (Å²) in [4.78, 5) is 54.7. The number of hydrogen-bond acceptors (Lipinski definition) is 7. The molecule has 3 fully saturated rings. The van der Waals surface area contributed by atoms with Crippen LogP contribution in [0.25, 0.3) is 0 Å². The molecule has 0 saturated carbocycles. The Balaban J connectivity index is 0.000000221. The number of allylic oxidation sites excluding steroid dienone is 1. The first-order valence-corrected chi connectivity index (χ1v) is 17.3. The van der Waals surface area contributed by atoms with Gasteiger partial charge in [-0.1, -0.05) is 66.7 Å². The first-order valence-electron chi connectivity index (χ1n) is 17.3. The molecule has 9 heteroatoms. The fourth-order valence-corrected chi connectivity index (χ4v) is 6.64. The summed E-state index contributed by atoms with van der Waals surface area (Å²) in [6.45, 7) is 20.3. The number of carbonyl (C=O) groups excluding carboxylic acids is 4. The summed E-state index contributed by atoms with van der Waals surface area (Å²) in [5.74, 6) is -0.612. The fourth-order valence-electron chi connectivity index (χ4n) is 6.64. The molecule has 3 aliphatic heterocycles. The van der Waals surface area contributed by atoms with Crippen LogP contribution < -0.4 is 0 Å². The van der Waals surface area contributed by atoms with Crippen LogP contribution in [-0.4, -0.2) is 70.6 Å². The highest BCUT2D eigenvalue weighted by Crippen LogP contribution is 2.44. The Morgan fingerprint density at radius 3 is 1.57 bits per heavy atom. The molecule has 0 spiro atoms. The van der Waals surface area contributed by atoms with Crippen LogP contribution in [-0.2, 0) is 33.4 Å². The third-order valence-electron chi connectivity index (χ3n) is 9.28. The molecule has 0 aliphatic carbocycles. The monoisotopic (exact) mass is 674 g/mol. The highest BCUT2D eigenvalue weighted by Gasteiger charge is 2.55. The Hall–Kier alpha value is -3.98. The lowest BCUT2D eigenvalue weighted by Gasteiger charge is -2.32. The van der Waals surface area contributed by atoms with Gasteiger partial charge in [-0.3, -0.25) is 19.2 Å². The average molecular weight is 675 g/mol. The van der Waals surface area contributed by atoms with E-state index in [2.05, 4.69) is 6.58 Å². The van der Waals surface area contributed by atoms with Crippen LogP contribution >= 0.6 is 0 Å². The van der Waals surface area contributed by atoms with Crippen LogP contribution in [0.1, 0.15) is 104 Å². The van der Waals surface area contributed by atoms with E-state index in [0.717, 1.165) is 11.1 Å². The second-order valence-electron chi connectivity index (χ2n) is 15.8. The van der Waals surface area contributed by atoms with Crippen molar-refractivity contribution in [3.63, 3.8) is 0 Å². The molecule has 1 unspecified atom stereocenters. The van der Waals surface area contributed by atoms with E-state index in [-0.39, 0.29) is 54.8 Å². The summed E-state index contributed by atoms with van der Waals surface area (Å²) >= 11 is 0. The molecule has 9 nitrogen and oxygen atoms in total. The van der Waals surface area contributed by atoms with Crippen molar-refractivity contribution in [1.29, 1.82) is 0 Å². The van der Waals surface area contributed by atoms with E-state index in [9.17, 15) is 19.2 Å². The molecule has 0 bridgehead atoms. The highest BCUT2D eigenvalue weighted by molar-refractivity contribution is 5.91. The van der Waals surface area contributed by atoms with Gasteiger partial charge in [0, 0.05) is 25.9 Å². The molecule has 49 heavy (non-hydrogen) atoms. The summed E-state index contributed by atoms with van der Waals surface area (Å²) in [7, 11) is 0. The van der Waals surface area contributed by atoms with Crippen molar-refractivity contribution in [2.45, 2.75) is 110 Å². The topological polar surface area (TPSA) is 106 Å². The molecule has 2 amide bonds. The number of carbonyl (C=O) groups is 4. The molecule has 2 aromatic carbocycles. The molecule has 266 valence electrons. The fraction of sp³-hybridized carbons (Fsp3) is 0.550. The molecule has 2 aromatic rings. The van der Waals surface area contributed by atoms with E-state index in [1.165, 1.54) is 0 Å². The van der Waals surface area contributed by atoms with Crippen molar-refractivity contribution in [3.05, 3.63) is 84.4 Å². The summed E-state index contributed by atoms with van der Waals surface area (Å²) in [5, 5.41) is 0. The number of hydrogen-bond donors (Lipinski definition) is 0. The molecule has 3 heterocycles. The van der Waals surface area contributed by atoms with Gasteiger partial charge in [0.2, 0.25) is 11.8 Å². The minimum absolute atomic E-state index is 0.00265. The number of amides is 2. The van der Waals surface area contributed by atoms with Gasteiger partial charge in [0.15, 0.2) is 0 Å². The van der Waals surface area contributed by atoms with Gasteiger partial charge >= 0.3 is 11.9 Å². The quantitative estimate of drug-likeness (QED) is 0.152. The summed E-state index contributed by atoms with van der Waals surface area (Å²) in [6, 6.07) is 19.6. The average Bonchev–Trinajstić information content (AvgIpc) is 3.68. The standard InChI is InChI=1S/C20H27NO4.C20H27NO3/c1-14(15-8-6-5-7-9-15)21-13-20(11-17(21)22,10-16-12-24-16)18(23)25-19(2,3)4;1-6-12-20(18(23)24-19(3,4)5)13-17(22)21(14-20)15(2)16-10-8-7-9-11-16/h5-9,14,16H,10-13H2,1-4H3;6-11,15H,1,12-14H2,2-5H3/t14-,16?,20+;15-,20+/m11/s1. The third kappa shape index (κ3) is 9.59. The third-order valence-corrected chi connectivity index (χ3v) is 9.28.